The predicted molar refractivity (Wildman–Crippen MR) is 97.2 cm³/mol. The van der Waals surface area contributed by atoms with Crippen molar-refractivity contribution in [1.29, 1.82) is 0 Å². The summed E-state index contributed by atoms with van der Waals surface area (Å²) in [6, 6.07) is 12.4. The van der Waals surface area contributed by atoms with Crippen LogP contribution in [-0.4, -0.2) is 52.8 Å². The third-order valence-corrected chi connectivity index (χ3v) is 4.31. The molecular weight excluding hydrogens is 338 g/mol. The highest BCUT2D eigenvalue weighted by Crippen LogP contribution is 2.13. The molecule has 3 rings (SSSR count). The van der Waals surface area contributed by atoms with Gasteiger partial charge in [0.1, 0.15) is 0 Å². The van der Waals surface area contributed by atoms with E-state index in [-0.39, 0.29) is 11.8 Å². The van der Waals surface area contributed by atoms with E-state index in [9.17, 15) is 9.59 Å². The second-order valence-electron chi connectivity index (χ2n) is 5.71. The van der Waals surface area contributed by atoms with Crippen LogP contribution >= 0.6 is 11.6 Å². The van der Waals surface area contributed by atoms with Crippen molar-refractivity contribution in [1.82, 2.24) is 14.8 Å². The third kappa shape index (κ3) is 4.45. The van der Waals surface area contributed by atoms with Crippen molar-refractivity contribution >= 4 is 29.5 Å². The highest BCUT2D eigenvalue weighted by atomic mass is 35.5. The predicted octanol–water partition coefficient (Wildman–Crippen LogP) is 2.73. The van der Waals surface area contributed by atoms with Gasteiger partial charge in [-0.1, -0.05) is 17.7 Å². The van der Waals surface area contributed by atoms with Crippen LogP contribution in [0.5, 0.6) is 0 Å². The minimum absolute atomic E-state index is 0.0345. The van der Waals surface area contributed by atoms with E-state index < -0.39 is 0 Å². The Morgan fingerprint density at radius 2 is 1.64 bits per heavy atom. The quantitative estimate of drug-likeness (QED) is 0.795. The molecule has 0 atom stereocenters. The number of halogens is 1. The van der Waals surface area contributed by atoms with Crippen LogP contribution in [-0.2, 0) is 4.79 Å². The summed E-state index contributed by atoms with van der Waals surface area (Å²) in [6.07, 6.45) is 4.91. The van der Waals surface area contributed by atoms with Gasteiger partial charge in [-0.05, 0) is 42.5 Å². The average molecular weight is 356 g/mol. The fourth-order valence-electron chi connectivity index (χ4n) is 2.64. The summed E-state index contributed by atoms with van der Waals surface area (Å²) in [6.45, 7) is 2.07. The number of carbonyl (C=O) groups is 2. The molecule has 1 aromatic carbocycles. The summed E-state index contributed by atoms with van der Waals surface area (Å²) in [5, 5.41) is 0.603. The minimum Gasteiger partial charge on any atom is -0.336 e. The molecule has 1 fully saturated rings. The molecule has 2 aromatic rings. The summed E-state index contributed by atoms with van der Waals surface area (Å²) in [5.41, 5.74) is 1.35. The van der Waals surface area contributed by atoms with Gasteiger partial charge in [-0.15, -0.1) is 0 Å². The fourth-order valence-corrected chi connectivity index (χ4v) is 2.77. The number of pyridine rings is 1. The second-order valence-corrected chi connectivity index (χ2v) is 6.15. The summed E-state index contributed by atoms with van der Waals surface area (Å²) >= 11 is 5.85. The molecule has 0 spiro atoms. The van der Waals surface area contributed by atoms with E-state index in [1.165, 1.54) is 6.08 Å². The van der Waals surface area contributed by atoms with Crippen molar-refractivity contribution < 1.29 is 9.59 Å². The number of carbonyl (C=O) groups excluding carboxylic acids is 2. The van der Waals surface area contributed by atoms with Gasteiger partial charge in [-0.3, -0.25) is 14.6 Å². The Morgan fingerprint density at radius 1 is 0.960 bits per heavy atom. The molecule has 1 saturated heterocycles. The van der Waals surface area contributed by atoms with Gasteiger partial charge in [-0.2, -0.15) is 0 Å². The van der Waals surface area contributed by atoms with Gasteiger partial charge in [0.2, 0.25) is 5.91 Å². The second kappa shape index (κ2) is 7.94. The standard InChI is InChI=1S/C19H18ClN3O2/c20-16-6-4-15(5-7-16)19(25)23-13-11-22(12-14-23)18(24)9-8-17-3-1-2-10-21-17/h1-10H,11-14H2/b9-8+. The average Bonchev–Trinajstić information content (AvgIpc) is 2.67. The van der Waals surface area contributed by atoms with E-state index in [2.05, 4.69) is 4.98 Å². The van der Waals surface area contributed by atoms with E-state index in [0.29, 0.717) is 36.8 Å². The van der Waals surface area contributed by atoms with Gasteiger partial charge in [-0.25, -0.2) is 0 Å². The van der Waals surface area contributed by atoms with Gasteiger partial charge in [0, 0.05) is 49.0 Å². The Bertz CT molecular complexity index is 767. The van der Waals surface area contributed by atoms with E-state index >= 15 is 0 Å². The zero-order chi connectivity index (χ0) is 17.6. The topological polar surface area (TPSA) is 53.5 Å². The largest absolute Gasteiger partial charge is 0.336 e. The number of piperazine rings is 1. The van der Waals surface area contributed by atoms with Crippen molar-refractivity contribution in [3.63, 3.8) is 0 Å². The first-order valence-electron chi connectivity index (χ1n) is 8.06. The molecule has 0 unspecified atom stereocenters. The Kier molecular flexibility index (Phi) is 5.46. The molecule has 0 aliphatic carbocycles. The van der Waals surface area contributed by atoms with Crippen LogP contribution in [0.25, 0.3) is 6.08 Å². The minimum atomic E-state index is -0.0655. The monoisotopic (exact) mass is 355 g/mol. The molecule has 1 aromatic heterocycles. The number of hydrogen-bond acceptors (Lipinski definition) is 3. The van der Waals surface area contributed by atoms with Crippen molar-refractivity contribution in [2.45, 2.75) is 0 Å². The molecule has 0 saturated carbocycles. The molecular formula is C19H18ClN3O2. The lowest BCUT2D eigenvalue weighted by atomic mass is 10.2. The van der Waals surface area contributed by atoms with Gasteiger partial charge in [0.15, 0.2) is 0 Å². The number of aromatic nitrogens is 1. The van der Waals surface area contributed by atoms with Crippen molar-refractivity contribution in [3.8, 4) is 0 Å². The fraction of sp³-hybridized carbons (Fsp3) is 0.211. The number of rotatable bonds is 3. The highest BCUT2D eigenvalue weighted by Gasteiger charge is 2.23. The van der Waals surface area contributed by atoms with E-state index in [1.54, 1.807) is 46.3 Å². The number of benzene rings is 1. The van der Waals surface area contributed by atoms with E-state index in [1.807, 2.05) is 18.2 Å². The van der Waals surface area contributed by atoms with Crippen molar-refractivity contribution in [2.75, 3.05) is 26.2 Å². The van der Waals surface area contributed by atoms with Crippen LogP contribution in [0.4, 0.5) is 0 Å². The van der Waals surface area contributed by atoms with Crippen LogP contribution in [0.2, 0.25) is 5.02 Å². The number of nitrogens with zero attached hydrogens (tertiary/aromatic N) is 3. The first-order chi connectivity index (χ1) is 12.1. The number of amides is 2. The highest BCUT2D eigenvalue weighted by molar-refractivity contribution is 6.30. The van der Waals surface area contributed by atoms with Gasteiger partial charge in [0.05, 0.1) is 5.69 Å². The van der Waals surface area contributed by atoms with Crippen LogP contribution in [0.1, 0.15) is 16.1 Å². The molecule has 0 bridgehead atoms. The normalized spacial score (nSPS) is 14.8. The zero-order valence-corrected chi connectivity index (χ0v) is 14.4. The molecule has 0 radical (unpaired) electrons. The first kappa shape index (κ1) is 17.2. The van der Waals surface area contributed by atoms with E-state index in [0.717, 1.165) is 5.69 Å². The number of hydrogen-bond donors (Lipinski definition) is 0. The lowest BCUT2D eigenvalue weighted by Crippen LogP contribution is -2.50. The summed E-state index contributed by atoms with van der Waals surface area (Å²) < 4.78 is 0. The maximum Gasteiger partial charge on any atom is 0.253 e. The Labute approximate surface area is 151 Å². The maximum atomic E-state index is 12.5. The SMILES string of the molecule is O=C(/C=C/c1ccccn1)N1CCN(C(=O)c2ccc(Cl)cc2)CC1. The summed E-state index contributed by atoms with van der Waals surface area (Å²) in [4.78, 5) is 32.4. The lowest BCUT2D eigenvalue weighted by Gasteiger charge is -2.34. The summed E-state index contributed by atoms with van der Waals surface area (Å²) in [5.74, 6) is -0.1000. The zero-order valence-electron chi connectivity index (χ0n) is 13.6. The smallest absolute Gasteiger partial charge is 0.253 e. The van der Waals surface area contributed by atoms with E-state index in [4.69, 9.17) is 11.6 Å². The maximum absolute atomic E-state index is 12.5. The van der Waals surface area contributed by atoms with Gasteiger partial charge < -0.3 is 9.80 Å². The molecule has 6 heteroatoms. The summed E-state index contributed by atoms with van der Waals surface area (Å²) in [7, 11) is 0. The Balaban J connectivity index is 1.54. The Hall–Kier alpha value is -2.66. The molecule has 25 heavy (non-hydrogen) atoms. The molecule has 1 aliphatic rings. The van der Waals surface area contributed by atoms with Crippen LogP contribution in [0, 0.1) is 0 Å². The van der Waals surface area contributed by atoms with Crippen molar-refractivity contribution in [3.05, 3.63) is 71.0 Å². The third-order valence-electron chi connectivity index (χ3n) is 4.05. The lowest BCUT2D eigenvalue weighted by molar-refractivity contribution is -0.127. The van der Waals surface area contributed by atoms with Crippen LogP contribution in [0.15, 0.2) is 54.7 Å². The Morgan fingerprint density at radius 3 is 2.28 bits per heavy atom. The molecule has 128 valence electrons. The van der Waals surface area contributed by atoms with Crippen LogP contribution in [0.3, 0.4) is 0 Å². The van der Waals surface area contributed by atoms with Gasteiger partial charge >= 0.3 is 0 Å². The molecule has 1 aliphatic heterocycles. The molecule has 2 heterocycles. The molecule has 5 nitrogen and oxygen atoms in total. The molecule has 2 amide bonds. The van der Waals surface area contributed by atoms with Crippen molar-refractivity contribution in [2.24, 2.45) is 0 Å². The van der Waals surface area contributed by atoms with Crippen LogP contribution < -0.4 is 0 Å². The van der Waals surface area contributed by atoms with Gasteiger partial charge in [0.25, 0.3) is 5.91 Å². The first-order valence-corrected chi connectivity index (χ1v) is 8.44. The molecule has 0 N–H and O–H groups in total.